The van der Waals surface area contributed by atoms with Crippen LogP contribution in [0.15, 0.2) is 42.6 Å². The fourth-order valence-electron chi connectivity index (χ4n) is 4.92. The van der Waals surface area contributed by atoms with E-state index in [9.17, 15) is 19.5 Å². The number of carboxylic acids is 1. The molecule has 0 radical (unpaired) electrons. The van der Waals surface area contributed by atoms with Crippen molar-refractivity contribution >= 4 is 29.3 Å². The Hall–Kier alpha value is -3.88. The highest BCUT2D eigenvalue weighted by molar-refractivity contribution is 5.96. The lowest BCUT2D eigenvalue weighted by Crippen LogP contribution is -2.42. The molecule has 190 valence electrons. The van der Waals surface area contributed by atoms with E-state index in [0.29, 0.717) is 22.7 Å². The summed E-state index contributed by atoms with van der Waals surface area (Å²) in [5, 5.41) is 15.5. The van der Waals surface area contributed by atoms with Gasteiger partial charge in [-0.15, -0.1) is 0 Å². The van der Waals surface area contributed by atoms with Crippen LogP contribution in [0.2, 0.25) is 0 Å². The van der Waals surface area contributed by atoms with E-state index in [4.69, 9.17) is 9.72 Å². The first-order valence-electron chi connectivity index (χ1n) is 12.3. The molecule has 2 heterocycles. The van der Waals surface area contributed by atoms with Gasteiger partial charge in [0.15, 0.2) is 0 Å². The summed E-state index contributed by atoms with van der Waals surface area (Å²) in [4.78, 5) is 41.2. The lowest BCUT2D eigenvalue weighted by Gasteiger charge is -2.30. The van der Waals surface area contributed by atoms with Crippen LogP contribution < -0.4 is 10.6 Å². The molecule has 1 aromatic carbocycles. The molecule has 1 aliphatic rings. The number of imidazole rings is 1. The molecule has 3 aromatic rings. The standard InChI is InChI=1S/C27H32N4O5/c1-17-8-6-7-11-20(17)25-26(28-16-24(34)36-2)31-13-12-19(14-22(31)30-25)27(35)29-21(15-23(32)33)18-9-4-3-5-10-18/h6-8,11-14,18,21,28H,3-5,9-10,15-16H2,1-2H3,(H,29,35)(H,32,33). The number of pyridine rings is 1. The zero-order valence-corrected chi connectivity index (χ0v) is 20.6. The maximum Gasteiger partial charge on any atom is 0.325 e. The molecule has 0 bridgehead atoms. The van der Waals surface area contributed by atoms with Crippen molar-refractivity contribution in [3.63, 3.8) is 0 Å². The van der Waals surface area contributed by atoms with Crippen LogP contribution in [-0.4, -0.2) is 52.0 Å². The average Bonchev–Trinajstić information content (AvgIpc) is 3.24. The number of carboxylic acid groups (broad SMARTS) is 1. The van der Waals surface area contributed by atoms with Crippen molar-refractivity contribution in [2.24, 2.45) is 5.92 Å². The van der Waals surface area contributed by atoms with E-state index in [-0.39, 0.29) is 24.8 Å². The Bertz CT molecular complexity index is 1260. The summed E-state index contributed by atoms with van der Waals surface area (Å²) in [5.41, 5.74) is 3.50. The van der Waals surface area contributed by atoms with Crippen LogP contribution in [0.3, 0.4) is 0 Å². The Kier molecular flexibility index (Phi) is 7.87. The number of aryl methyl sites for hydroxylation is 1. The first-order valence-corrected chi connectivity index (χ1v) is 12.3. The third kappa shape index (κ3) is 5.67. The highest BCUT2D eigenvalue weighted by Gasteiger charge is 2.28. The second-order valence-corrected chi connectivity index (χ2v) is 9.27. The van der Waals surface area contributed by atoms with Gasteiger partial charge in [0.1, 0.15) is 23.7 Å². The van der Waals surface area contributed by atoms with Crippen molar-refractivity contribution in [1.82, 2.24) is 14.7 Å². The predicted molar refractivity (Wildman–Crippen MR) is 136 cm³/mol. The predicted octanol–water partition coefficient (Wildman–Crippen LogP) is 4.05. The molecule has 0 saturated heterocycles. The number of hydrogen-bond donors (Lipinski definition) is 3. The molecule has 2 aromatic heterocycles. The number of esters is 1. The van der Waals surface area contributed by atoms with Gasteiger partial charge < -0.3 is 20.5 Å². The van der Waals surface area contributed by atoms with Gasteiger partial charge in [0.2, 0.25) is 0 Å². The van der Waals surface area contributed by atoms with Gasteiger partial charge in [0.05, 0.1) is 13.5 Å². The third-order valence-corrected chi connectivity index (χ3v) is 6.85. The molecule has 3 N–H and O–H groups in total. The maximum atomic E-state index is 13.2. The molecule has 9 heteroatoms. The fourth-order valence-corrected chi connectivity index (χ4v) is 4.92. The van der Waals surface area contributed by atoms with Crippen LogP contribution in [0.25, 0.3) is 16.9 Å². The van der Waals surface area contributed by atoms with Crippen LogP contribution in [0.1, 0.15) is 54.4 Å². The number of hydrogen-bond acceptors (Lipinski definition) is 6. The largest absolute Gasteiger partial charge is 0.481 e. The SMILES string of the molecule is COC(=O)CNc1c(-c2ccccc2C)nc2cc(C(=O)NC(CC(=O)O)C3CCCCC3)ccn12. The second-order valence-electron chi connectivity index (χ2n) is 9.27. The van der Waals surface area contributed by atoms with Crippen LogP contribution in [-0.2, 0) is 14.3 Å². The minimum atomic E-state index is -0.918. The van der Waals surface area contributed by atoms with Gasteiger partial charge in [-0.3, -0.25) is 18.8 Å². The summed E-state index contributed by atoms with van der Waals surface area (Å²) in [6, 6.07) is 10.7. The molecule has 36 heavy (non-hydrogen) atoms. The molecule has 1 aliphatic carbocycles. The van der Waals surface area contributed by atoms with E-state index in [2.05, 4.69) is 10.6 Å². The lowest BCUT2D eigenvalue weighted by molar-refractivity contribution is -0.139. The number of aliphatic carboxylic acids is 1. The fraction of sp³-hybridized carbons (Fsp3) is 0.407. The molecular formula is C27H32N4O5. The Labute approximate surface area is 209 Å². The summed E-state index contributed by atoms with van der Waals surface area (Å²) in [5.74, 6) is -0.875. The highest BCUT2D eigenvalue weighted by Crippen LogP contribution is 2.32. The summed E-state index contributed by atoms with van der Waals surface area (Å²) in [7, 11) is 1.33. The number of carbonyl (C=O) groups excluding carboxylic acids is 2. The van der Waals surface area contributed by atoms with Gasteiger partial charge in [0.25, 0.3) is 5.91 Å². The first kappa shape index (κ1) is 25.2. The molecule has 0 aliphatic heterocycles. The first-order chi connectivity index (χ1) is 17.4. The number of rotatable bonds is 9. The number of anilines is 1. The van der Waals surface area contributed by atoms with Crippen molar-refractivity contribution in [2.45, 2.75) is 51.5 Å². The molecule has 1 fully saturated rings. The van der Waals surface area contributed by atoms with Gasteiger partial charge in [-0.25, -0.2) is 4.98 Å². The molecule has 1 unspecified atom stereocenters. The van der Waals surface area contributed by atoms with Gasteiger partial charge in [-0.2, -0.15) is 0 Å². The molecular weight excluding hydrogens is 460 g/mol. The lowest BCUT2D eigenvalue weighted by atomic mass is 9.82. The normalized spacial score (nSPS) is 14.8. The van der Waals surface area contributed by atoms with Crippen LogP contribution in [0.4, 0.5) is 5.82 Å². The summed E-state index contributed by atoms with van der Waals surface area (Å²) in [6.07, 6.45) is 6.74. The number of nitrogens with zero attached hydrogens (tertiary/aromatic N) is 2. The molecule has 9 nitrogen and oxygen atoms in total. The quantitative estimate of drug-likeness (QED) is 0.385. The van der Waals surface area contributed by atoms with E-state index in [0.717, 1.165) is 43.2 Å². The molecule has 4 rings (SSSR count). The molecule has 1 amide bonds. The number of carbonyl (C=O) groups is 3. The van der Waals surface area contributed by atoms with Crippen LogP contribution >= 0.6 is 0 Å². The van der Waals surface area contributed by atoms with E-state index < -0.39 is 18.0 Å². The smallest absolute Gasteiger partial charge is 0.325 e. The monoisotopic (exact) mass is 492 g/mol. The third-order valence-electron chi connectivity index (χ3n) is 6.85. The van der Waals surface area contributed by atoms with Crippen molar-refractivity contribution in [3.05, 3.63) is 53.7 Å². The molecule has 1 atom stereocenters. The van der Waals surface area contributed by atoms with Crippen molar-refractivity contribution in [2.75, 3.05) is 19.0 Å². The van der Waals surface area contributed by atoms with Crippen LogP contribution in [0.5, 0.6) is 0 Å². The number of benzene rings is 1. The minimum absolute atomic E-state index is 0.0380. The van der Waals surface area contributed by atoms with Crippen LogP contribution in [0, 0.1) is 12.8 Å². The summed E-state index contributed by atoms with van der Waals surface area (Å²) >= 11 is 0. The van der Waals surface area contributed by atoms with Crippen molar-refractivity contribution in [1.29, 1.82) is 0 Å². The van der Waals surface area contributed by atoms with Gasteiger partial charge >= 0.3 is 11.9 Å². The second kappa shape index (κ2) is 11.2. The van der Waals surface area contributed by atoms with Gasteiger partial charge in [-0.1, -0.05) is 43.5 Å². The molecule has 0 spiro atoms. The Morgan fingerprint density at radius 1 is 1.17 bits per heavy atom. The van der Waals surface area contributed by atoms with Crippen molar-refractivity contribution < 1.29 is 24.2 Å². The van der Waals surface area contributed by atoms with Crippen molar-refractivity contribution in [3.8, 4) is 11.3 Å². The van der Waals surface area contributed by atoms with Gasteiger partial charge in [-0.05, 0) is 43.4 Å². The topological polar surface area (TPSA) is 122 Å². The average molecular weight is 493 g/mol. The Morgan fingerprint density at radius 3 is 2.61 bits per heavy atom. The minimum Gasteiger partial charge on any atom is -0.481 e. The number of aromatic nitrogens is 2. The summed E-state index contributed by atoms with van der Waals surface area (Å²) < 4.78 is 6.56. The van der Waals surface area contributed by atoms with E-state index >= 15 is 0 Å². The zero-order chi connectivity index (χ0) is 25.7. The van der Waals surface area contributed by atoms with E-state index in [1.807, 2.05) is 31.2 Å². The number of fused-ring (bicyclic) bond motifs is 1. The Morgan fingerprint density at radius 2 is 1.92 bits per heavy atom. The van der Waals surface area contributed by atoms with Gasteiger partial charge in [0, 0.05) is 23.4 Å². The number of amides is 1. The number of ether oxygens (including phenoxy) is 1. The molecule has 1 saturated carbocycles. The summed E-state index contributed by atoms with van der Waals surface area (Å²) in [6.45, 7) is 1.94. The maximum absolute atomic E-state index is 13.2. The zero-order valence-electron chi connectivity index (χ0n) is 20.6. The Balaban J connectivity index is 1.66. The highest BCUT2D eigenvalue weighted by atomic mass is 16.5. The van der Waals surface area contributed by atoms with E-state index in [1.54, 1.807) is 22.7 Å². The number of nitrogens with one attached hydrogen (secondary N) is 2. The number of methoxy groups -OCH3 is 1. The van der Waals surface area contributed by atoms with E-state index in [1.165, 1.54) is 7.11 Å².